The molecule has 56 valence electrons. The van der Waals surface area contributed by atoms with E-state index in [1.54, 1.807) is 0 Å². The van der Waals surface area contributed by atoms with Crippen LogP contribution < -0.4 is 0 Å². The minimum absolute atomic E-state index is 0.112. The molecular weight excluding hydrogens is 138 g/mol. The van der Waals surface area contributed by atoms with Gasteiger partial charge in [-0.25, -0.2) is 0 Å². The second-order valence-corrected chi connectivity index (χ2v) is 2.58. The van der Waals surface area contributed by atoms with Gasteiger partial charge in [0, 0.05) is 12.4 Å². The van der Waals surface area contributed by atoms with E-state index in [1.807, 2.05) is 30.6 Å². The smallest absolute Gasteiger partial charge is 0.0682 e. The molecule has 11 heavy (non-hydrogen) atoms. The molecule has 1 aromatic heterocycles. The Morgan fingerprint density at radius 3 is 2.82 bits per heavy atom. The first-order chi connectivity index (χ1) is 5.40. The molecule has 0 radical (unpaired) electrons. The normalized spacial score (nSPS) is 10.6. The number of hydrogen-bond donors (Lipinski definition) is 2. The number of aliphatic hydroxyl groups excluding tert-OH is 1. The van der Waals surface area contributed by atoms with Crippen LogP contribution in [0.2, 0.25) is 0 Å². The summed E-state index contributed by atoms with van der Waals surface area (Å²) in [7, 11) is 0. The summed E-state index contributed by atoms with van der Waals surface area (Å²) >= 11 is 0. The third-order valence-electron chi connectivity index (χ3n) is 1.81. The van der Waals surface area contributed by atoms with Crippen LogP contribution in [0.15, 0.2) is 30.6 Å². The molecular formula is C9H9NO. The van der Waals surface area contributed by atoms with Crippen molar-refractivity contribution in [1.82, 2.24) is 4.98 Å². The van der Waals surface area contributed by atoms with Crippen molar-refractivity contribution < 1.29 is 5.11 Å². The lowest BCUT2D eigenvalue weighted by Gasteiger charge is -1.94. The maximum Gasteiger partial charge on any atom is 0.0682 e. The van der Waals surface area contributed by atoms with Gasteiger partial charge in [-0.05, 0) is 22.4 Å². The molecule has 2 rings (SSSR count). The Hall–Kier alpha value is -1.28. The van der Waals surface area contributed by atoms with E-state index in [-0.39, 0.29) is 6.61 Å². The van der Waals surface area contributed by atoms with Crippen molar-refractivity contribution in [3.05, 3.63) is 36.2 Å². The molecule has 0 amide bonds. The fraction of sp³-hybridized carbons (Fsp3) is 0.111. The number of hydrogen-bond acceptors (Lipinski definition) is 1. The Bertz CT molecular complexity index is 364. The first kappa shape index (κ1) is 6.43. The van der Waals surface area contributed by atoms with E-state index >= 15 is 0 Å². The molecule has 0 fully saturated rings. The van der Waals surface area contributed by atoms with Crippen LogP contribution in [-0.4, -0.2) is 10.1 Å². The molecule has 2 N–H and O–H groups in total. The van der Waals surface area contributed by atoms with Gasteiger partial charge in [0.15, 0.2) is 0 Å². The zero-order valence-electron chi connectivity index (χ0n) is 6.04. The largest absolute Gasteiger partial charge is 0.392 e. The van der Waals surface area contributed by atoms with Crippen molar-refractivity contribution >= 4 is 10.8 Å². The van der Waals surface area contributed by atoms with E-state index in [0.717, 1.165) is 10.9 Å². The van der Waals surface area contributed by atoms with Crippen LogP contribution in [0, 0.1) is 0 Å². The molecule has 2 aromatic rings. The van der Waals surface area contributed by atoms with Gasteiger partial charge < -0.3 is 10.1 Å². The fourth-order valence-electron chi connectivity index (χ4n) is 1.20. The molecule has 0 saturated heterocycles. The number of fused-ring (bicyclic) bond motifs is 1. The average molecular weight is 147 g/mol. The minimum atomic E-state index is 0.112. The molecule has 1 aromatic carbocycles. The van der Waals surface area contributed by atoms with Gasteiger partial charge in [-0.2, -0.15) is 0 Å². The van der Waals surface area contributed by atoms with Crippen LogP contribution >= 0.6 is 0 Å². The Kier molecular flexibility index (Phi) is 1.40. The van der Waals surface area contributed by atoms with E-state index in [0.29, 0.717) is 0 Å². The highest BCUT2D eigenvalue weighted by molar-refractivity contribution is 5.82. The van der Waals surface area contributed by atoms with Crippen LogP contribution in [-0.2, 0) is 6.61 Å². The molecule has 0 saturated carbocycles. The van der Waals surface area contributed by atoms with Gasteiger partial charge in [0.1, 0.15) is 0 Å². The summed E-state index contributed by atoms with van der Waals surface area (Å²) in [5.74, 6) is 0. The number of rotatable bonds is 1. The molecule has 0 bridgehead atoms. The van der Waals surface area contributed by atoms with Crippen molar-refractivity contribution in [3.8, 4) is 0 Å². The summed E-state index contributed by atoms with van der Waals surface area (Å²) in [6.45, 7) is 0.112. The summed E-state index contributed by atoms with van der Waals surface area (Å²) in [6, 6.07) is 5.90. The van der Waals surface area contributed by atoms with Gasteiger partial charge in [0.2, 0.25) is 0 Å². The quantitative estimate of drug-likeness (QED) is 0.632. The molecule has 0 atom stereocenters. The Morgan fingerprint density at radius 1 is 1.18 bits per heavy atom. The third-order valence-corrected chi connectivity index (χ3v) is 1.81. The molecule has 0 spiro atoms. The second-order valence-electron chi connectivity index (χ2n) is 2.58. The topological polar surface area (TPSA) is 36.0 Å². The summed E-state index contributed by atoms with van der Waals surface area (Å²) in [5.41, 5.74) is 0.956. The maximum atomic E-state index is 8.82. The Balaban J connectivity index is 2.67. The molecule has 2 nitrogen and oxygen atoms in total. The number of benzene rings is 1. The molecule has 0 aliphatic heterocycles. The van der Waals surface area contributed by atoms with Crippen LogP contribution in [0.1, 0.15) is 5.56 Å². The van der Waals surface area contributed by atoms with Gasteiger partial charge in [0.25, 0.3) is 0 Å². The molecule has 0 aliphatic carbocycles. The maximum absolute atomic E-state index is 8.82. The van der Waals surface area contributed by atoms with Gasteiger partial charge in [0.05, 0.1) is 6.61 Å². The number of H-pyrrole nitrogens is 1. The van der Waals surface area contributed by atoms with E-state index in [2.05, 4.69) is 4.98 Å². The highest BCUT2D eigenvalue weighted by atomic mass is 16.3. The van der Waals surface area contributed by atoms with E-state index < -0.39 is 0 Å². The second kappa shape index (κ2) is 2.40. The summed E-state index contributed by atoms with van der Waals surface area (Å²) in [6.07, 6.45) is 3.87. The van der Waals surface area contributed by atoms with Crippen LogP contribution in [0.3, 0.4) is 0 Å². The van der Waals surface area contributed by atoms with E-state index in [1.165, 1.54) is 5.39 Å². The Morgan fingerprint density at radius 2 is 2.00 bits per heavy atom. The van der Waals surface area contributed by atoms with Crippen molar-refractivity contribution in [2.45, 2.75) is 6.61 Å². The molecule has 0 unspecified atom stereocenters. The molecule has 1 heterocycles. The van der Waals surface area contributed by atoms with Crippen molar-refractivity contribution in [2.75, 3.05) is 0 Å². The minimum Gasteiger partial charge on any atom is -0.392 e. The third kappa shape index (κ3) is 1.01. The first-order valence-electron chi connectivity index (χ1n) is 3.56. The van der Waals surface area contributed by atoms with Crippen LogP contribution in [0.25, 0.3) is 10.8 Å². The Labute approximate surface area is 64.5 Å². The zero-order valence-corrected chi connectivity index (χ0v) is 6.04. The van der Waals surface area contributed by atoms with Crippen molar-refractivity contribution in [2.24, 2.45) is 0 Å². The summed E-state index contributed by atoms with van der Waals surface area (Å²) in [5, 5.41) is 11.2. The fourth-order valence-corrected chi connectivity index (χ4v) is 1.20. The monoisotopic (exact) mass is 147 g/mol. The standard InChI is InChI=1S/C9H9NO/c11-6-7-1-2-8-4-10-5-9(8)3-7/h1-5,10-11H,6H2. The van der Waals surface area contributed by atoms with Gasteiger partial charge >= 0.3 is 0 Å². The van der Waals surface area contributed by atoms with Crippen molar-refractivity contribution in [1.29, 1.82) is 0 Å². The van der Waals surface area contributed by atoms with E-state index in [4.69, 9.17) is 5.11 Å². The summed E-state index contributed by atoms with van der Waals surface area (Å²) < 4.78 is 0. The predicted octanol–water partition coefficient (Wildman–Crippen LogP) is 1.66. The first-order valence-corrected chi connectivity index (χ1v) is 3.56. The SMILES string of the molecule is OCc1ccc2c[nH]cc2c1. The number of aliphatic hydroxyl groups is 1. The van der Waals surface area contributed by atoms with Crippen molar-refractivity contribution in [3.63, 3.8) is 0 Å². The lowest BCUT2D eigenvalue weighted by atomic mass is 10.1. The van der Waals surface area contributed by atoms with E-state index in [9.17, 15) is 0 Å². The predicted molar refractivity (Wildman–Crippen MR) is 44.2 cm³/mol. The van der Waals surface area contributed by atoms with Gasteiger partial charge in [-0.3, -0.25) is 0 Å². The molecule has 0 aliphatic rings. The highest BCUT2D eigenvalue weighted by Gasteiger charge is 1.94. The number of nitrogens with one attached hydrogen (secondary N) is 1. The number of aromatic amines is 1. The average Bonchev–Trinajstić information content (AvgIpc) is 2.50. The summed E-state index contributed by atoms with van der Waals surface area (Å²) in [4.78, 5) is 3.01. The van der Waals surface area contributed by atoms with Gasteiger partial charge in [-0.15, -0.1) is 0 Å². The highest BCUT2D eigenvalue weighted by Crippen LogP contribution is 2.14. The lowest BCUT2D eigenvalue weighted by Crippen LogP contribution is -1.79. The van der Waals surface area contributed by atoms with Crippen LogP contribution in [0.4, 0.5) is 0 Å². The molecule has 2 heteroatoms. The zero-order chi connectivity index (χ0) is 7.68. The lowest BCUT2D eigenvalue weighted by molar-refractivity contribution is 0.282. The number of aromatic nitrogens is 1. The van der Waals surface area contributed by atoms with Crippen LogP contribution in [0.5, 0.6) is 0 Å². The van der Waals surface area contributed by atoms with Gasteiger partial charge in [-0.1, -0.05) is 12.1 Å².